The number of hydrogen-bond donors (Lipinski definition) is 2. The number of pyridine rings is 2. The minimum absolute atomic E-state index is 0.0441. The van der Waals surface area contributed by atoms with Gasteiger partial charge in [-0.3, -0.25) is 9.36 Å². The maximum absolute atomic E-state index is 10.6. The second-order valence-corrected chi connectivity index (χ2v) is 6.28. The van der Waals surface area contributed by atoms with Crippen molar-refractivity contribution in [1.29, 1.82) is 0 Å². The predicted octanol–water partition coefficient (Wildman–Crippen LogP) is 2.36. The number of rotatable bonds is 4. The number of aromatic nitrogens is 6. The summed E-state index contributed by atoms with van der Waals surface area (Å²) in [4.78, 5) is 28.8. The number of aromatic carboxylic acids is 2. The van der Waals surface area contributed by atoms with Crippen LogP contribution in [0.1, 0.15) is 21.0 Å². The summed E-state index contributed by atoms with van der Waals surface area (Å²) in [5.74, 6) is -2.04. The van der Waals surface area contributed by atoms with Crippen LogP contribution in [0.25, 0.3) is 22.3 Å². The Bertz CT molecular complexity index is 1070. The monoisotopic (exact) mass is 406 g/mol. The van der Waals surface area contributed by atoms with Crippen LogP contribution in [0.4, 0.5) is 0 Å². The van der Waals surface area contributed by atoms with Crippen molar-refractivity contribution in [3.05, 3.63) is 72.8 Å². The van der Waals surface area contributed by atoms with E-state index in [0.29, 0.717) is 0 Å². The van der Waals surface area contributed by atoms with Crippen LogP contribution in [-0.2, 0) is 14.1 Å². The molecule has 4 aromatic heterocycles. The molecule has 4 rings (SSSR count). The number of carbonyl (C=O) groups is 2. The average molecular weight is 406 g/mol. The maximum atomic E-state index is 10.6. The van der Waals surface area contributed by atoms with Crippen molar-refractivity contribution in [2.75, 3.05) is 0 Å². The summed E-state index contributed by atoms with van der Waals surface area (Å²) in [6.45, 7) is 0. The van der Waals surface area contributed by atoms with Crippen molar-refractivity contribution >= 4 is 11.9 Å². The Hall–Kier alpha value is -4.34. The third kappa shape index (κ3) is 4.93. The van der Waals surface area contributed by atoms with Crippen LogP contribution in [0.15, 0.2) is 61.4 Å². The smallest absolute Gasteiger partial charge is 0.354 e. The van der Waals surface area contributed by atoms with Gasteiger partial charge in [-0.1, -0.05) is 12.1 Å². The van der Waals surface area contributed by atoms with E-state index in [1.807, 2.05) is 26.5 Å². The minimum Gasteiger partial charge on any atom is -0.477 e. The highest BCUT2D eigenvalue weighted by atomic mass is 16.4. The van der Waals surface area contributed by atoms with Crippen LogP contribution in [0.2, 0.25) is 0 Å². The fraction of sp³-hybridized carbons (Fsp3) is 0.100. The topological polar surface area (TPSA) is 136 Å². The van der Waals surface area contributed by atoms with E-state index in [9.17, 15) is 9.59 Å². The first-order valence-electron chi connectivity index (χ1n) is 8.70. The minimum atomic E-state index is -1.02. The van der Waals surface area contributed by atoms with Crippen LogP contribution in [0.5, 0.6) is 0 Å². The molecule has 0 amide bonds. The van der Waals surface area contributed by atoms with Gasteiger partial charge in [0, 0.05) is 61.1 Å². The molecule has 0 spiro atoms. The molecule has 0 aliphatic carbocycles. The summed E-state index contributed by atoms with van der Waals surface area (Å²) in [6.07, 6.45) is 10.2. The normalized spacial score (nSPS) is 10.2. The highest BCUT2D eigenvalue weighted by Crippen LogP contribution is 2.17. The second kappa shape index (κ2) is 8.78. The van der Waals surface area contributed by atoms with Crippen LogP contribution >= 0.6 is 0 Å². The standard InChI is InChI=1S/2C10H9N3O2/c2*1-13-6-8(5-12-13)7-2-3-9(10(14)15)11-4-7/h2*2-6H,1H3,(H,14,15). The van der Waals surface area contributed by atoms with E-state index < -0.39 is 11.9 Å². The van der Waals surface area contributed by atoms with Gasteiger partial charge < -0.3 is 10.2 Å². The second-order valence-electron chi connectivity index (χ2n) is 6.28. The predicted molar refractivity (Wildman–Crippen MR) is 107 cm³/mol. The Morgan fingerprint density at radius 1 is 0.667 bits per heavy atom. The van der Waals surface area contributed by atoms with Crippen molar-refractivity contribution in [2.45, 2.75) is 0 Å². The van der Waals surface area contributed by atoms with Gasteiger partial charge in [0.25, 0.3) is 0 Å². The maximum Gasteiger partial charge on any atom is 0.354 e. The van der Waals surface area contributed by atoms with Gasteiger partial charge in [-0.05, 0) is 12.1 Å². The molecule has 4 aromatic rings. The number of carboxylic acids is 2. The first kappa shape index (κ1) is 20.4. The van der Waals surface area contributed by atoms with E-state index in [2.05, 4.69) is 20.2 Å². The zero-order valence-electron chi connectivity index (χ0n) is 16.2. The Morgan fingerprint density at radius 3 is 1.30 bits per heavy atom. The van der Waals surface area contributed by atoms with E-state index in [4.69, 9.17) is 10.2 Å². The largest absolute Gasteiger partial charge is 0.477 e. The molecule has 0 saturated carbocycles. The molecule has 152 valence electrons. The fourth-order valence-corrected chi connectivity index (χ4v) is 2.52. The summed E-state index contributed by atoms with van der Waals surface area (Å²) in [6, 6.07) is 6.39. The molecule has 0 fully saturated rings. The summed E-state index contributed by atoms with van der Waals surface area (Å²) in [5.41, 5.74) is 3.63. The quantitative estimate of drug-likeness (QED) is 0.527. The molecule has 0 radical (unpaired) electrons. The van der Waals surface area contributed by atoms with Gasteiger partial charge in [-0.25, -0.2) is 19.6 Å². The lowest BCUT2D eigenvalue weighted by Crippen LogP contribution is -1.98. The summed E-state index contributed by atoms with van der Waals surface area (Å²) < 4.78 is 3.36. The number of carboxylic acid groups (broad SMARTS) is 2. The summed E-state index contributed by atoms with van der Waals surface area (Å²) in [5, 5.41) is 25.4. The molecular formula is C20H18N6O4. The van der Waals surface area contributed by atoms with Crippen LogP contribution < -0.4 is 0 Å². The van der Waals surface area contributed by atoms with E-state index >= 15 is 0 Å². The molecule has 10 heteroatoms. The third-order valence-electron chi connectivity index (χ3n) is 4.04. The Kier molecular flexibility index (Phi) is 5.97. The van der Waals surface area contributed by atoms with E-state index in [-0.39, 0.29) is 11.4 Å². The van der Waals surface area contributed by atoms with E-state index in [0.717, 1.165) is 22.3 Å². The molecule has 0 aliphatic heterocycles. The van der Waals surface area contributed by atoms with Gasteiger partial charge in [0.1, 0.15) is 11.4 Å². The number of aryl methyl sites for hydroxylation is 2. The molecule has 0 unspecified atom stereocenters. The molecule has 10 nitrogen and oxygen atoms in total. The Labute approximate surface area is 171 Å². The molecule has 0 atom stereocenters. The van der Waals surface area contributed by atoms with Crippen molar-refractivity contribution in [3.63, 3.8) is 0 Å². The van der Waals surface area contributed by atoms with Crippen molar-refractivity contribution in [3.8, 4) is 22.3 Å². The van der Waals surface area contributed by atoms with Crippen LogP contribution in [-0.4, -0.2) is 51.7 Å². The molecule has 0 aromatic carbocycles. The van der Waals surface area contributed by atoms with Gasteiger partial charge in [-0.2, -0.15) is 10.2 Å². The lowest BCUT2D eigenvalue weighted by Gasteiger charge is -1.96. The average Bonchev–Trinajstić information content (AvgIpc) is 3.37. The molecular weight excluding hydrogens is 388 g/mol. The molecule has 30 heavy (non-hydrogen) atoms. The molecule has 2 N–H and O–H groups in total. The highest BCUT2D eigenvalue weighted by Gasteiger charge is 2.06. The highest BCUT2D eigenvalue weighted by molar-refractivity contribution is 5.86. The zero-order chi connectivity index (χ0) is 21.7. The third-order valence-corrected chi connectivity index (χ3v) is 4.04. The number of nitrogens with zero attached hydrogens (tertiary/aromatic N) is 6. The van der Waals surface area contributed by atoms with Crippen LogP contribution in [0.3, 0.4) is 0 Å². The Morgan fingerprint density at radius 2 is 1.07 bits per heavy atom. The van der Waals surface area contributed by atoms with Gasteiger partial charge in [0.15, 0.2) is 0 Å². The first-order chi connectivity index (χ1) is 14.3. The summed E-state index contributed by atoms with van der Waals surface area (Å²) in [7, 11) is 3.64. The molecule has 0 bridgehead atoms. The van der Waals surface area contributed by atoms with E-state index in [1.165, 1.54) is 24.5 Å². The van der Waals surface area contributed by atoms with Crippen LogP contribution in [0, 0.1) is 0 Å². The lowest BCUT2D eigenvalue weighted by molar-refractivity contribution is 0.0680. The summed E-state index contributed by atoms with van der Waals surface area (Å²) >= 11 is 0. The SMILES string of the molecule is Cn1cc(-c2ccc(C(=O)O)nc2)cn1.Cn1cc(-c2ccc(C(=O)O)nc2)cn1. The lowest BCUT2D eigenvalue weighted by atomic mass is 10.1. The molecule has 4 heterocycles. The zero-order valence-corrected chi connectivity index (χ0v) is 16.2. The van der Waals surface area contributed by atoms with Crippen molar-refractivity contribution in [2.24, 2.45) is 14.1 Å². The van der Waals surface area contributed by atoms with E-state index in [1.54, 1.807) is 33.9 Å². The van der Waals surface area contributed by atoms with Gasteiger partial charge >= 0.3 is 11.9 Å². The van der Waals surface area contributed by atoms with Crippen molar-refractivity contribution in [1.82, 2.24) is 29.5 Å². The van der Waals surface area contributed by atoms with Gasteiger partial charge in [0.2, 0.25) is 0 Å². The van der Waals surface area contributed by atoms with Gasteiger partial charge in [0.05, 0.1) is 12.4 Å². The first-order valence-corrected chi connectivity index (χ1v) is 8.70. The number of hydrogen-bond acceptors (Lipinski definition) is 6. The molecule has 0 aliphatic rings. The van der Waals surface area contributed by atoms with Crippen molar-refractivity contribution < 1.29 is 19.8 Å². The van der Waals surface area contributed by atoms with Gasteiger partial charge in [-0.15, -0.1) is 0 Å². The Balaban J connectivity index is 0.000000171. The fourth-order valence-electron chi connectivity index (χ4n) is 2.52. The molecule has 0 saturated heterocycles.